The summed E-state index contributed by atoms with van der Waals surface area (Å²) in [6.45, 7) is 2.41. The Morgan fingerprint density at radius 3 is 2.53 bits per heavy atom. The van der Waals surface area contributed by atoms with Crippen LogP contribution in [0.5, 0.6) is 5.75 Å². The van der Waals surface area contributed by atoms with Crippen molar-refractivity contribution in [1.82, 2.24) is 9.88 Å². The fourth-order valence-electron chi connectivity index (χ4n) is 5.19. The molecule has 3 aromatic rings. The normalized spacial score (nSPS) is 16.8. The van der Waals surface area contributed by atoms with Crippen LogP contribution < -0.4 is 4.74 Å². The zero-order valence-electron chi connectivity index (χ0n) is 20.5. The SMILES string of the molecule is COc1ccc2ncc(Cl)c(C(F)CCC3(CO)CCN(CCCc4cc(F)cc(F)c4)CC3)c2c1. The predicted octanol–water partition coefficient (Wildman–Crippen LogP) is 6.67. The second-order valence-corrected chi connectivity index (χ2v) is 10.2. The summed E-state index contributed by atoms with van der Waals surface area (Å²) >= 11 is 6.37. The van der Waals surface area contributed by atoms with Crippen molar-refractivity contribution in [3.05, 3.63) is 70.4 Å². The van der Waals surface area contributed by atoms with Crippen LogP contribution in [0, 0.1) is 17.0 Å². The molecule has 1 aliphatic rings. The monoisotopic (exact) mass is 520 g/mol. The van der Waals surface area contributed by atoms with Crippen LogP contribution >= 0.6 is 11.6 Å². The Kier molecular flexibility index (Phi) is 8.75. The first-order valence-electron chi connectivity index (χ1n) is 12.4. The maximum atomic E-state index is 15.6. The van der Waals surface area contributed by atoms with Gasteiger partial charge in [-0.1, -0.05) is 11.6 Å². The number of benzene rings is 2. The van der Waals surface area contributed by atoms with Crippen molar-refractivity contribution in [1.29, 1.82) is 0 Å². The molecule has 4 rings (SSSR count). The van der Waals surface area contributed by atoms with Crippen LogP contribution in [-0.4, -0.2) is 48.3 Å². The topological polar surface area (TPSA) is 45.6 Å². The molecule has 1 unspecified atom stereocenters. The van der Waals surface area contributed by atoms with Crippen LogP contribution in [-0.2, 0) is 6.42 Å². The molecule has 194 valence electrons. The molecular formula is C28H32ClF3N2O2. The third-order valence-corrected chi connectivity index (χ3v) is 7.72. The molecule has 4 nitrogen and oxygen atoms in total. The van der Waals surface area contributed by atoms with Crippen molar-refractivity contribution in [2.24, 2.45) is 5.41 Å². The van der Waals surface area contributed by atoms with Gasteiger partial charge >= 0.3 is 0 Å². The number of methoxy groups -OCH3 is 1. The molecule has 1 N–H and O–H groups in total. The van der Waals surface area contributed by atoms with Crippen LogP contribution in [0.4, 0.5) is 13.2 Å². The highest BCUT2D eigenvalue weighted by Gasteiger charge is 2.35. The van der Waals surface area contributed by atoms with Gasteiger partial charge in [0.1, 0.15) is 23.6 Å². The smallest absolute Gasteiger partial charge is 0.127 e. The van der Waals surface area contributed by atoms with E-state index in [4.69, 9.17) is 16.3 Å². The summed E-state index contributed by atoms with van der Waals surface area (Å²) in [5.41, 5.74) is 1.39. The number of aromatic nitrogens is 1. The summed E-state index contributed by atoms with van der Waals surface area (Å²) in [7, 11) is 1.56. The predicted molar refractivity (Wildman–Crippen MR) is 136 cm³/mol. The average Bonchev–Trinajstić information content (AvgIpc) is 2.87. The molecule has 1 fully saturated rings. The third kappa shape index (κ3) is 6.31. The van der Waals surface area contributed by atoms with Crippen molar-refractivity contribution in [2.75, 3.05) is 33.4 Å². The lowest BCUT2D eigenvalue weighted by molar-refractivity contribution is 0.0300. The maximum absolute atomic E-state index is 15.6. The Morgan fingerprint density at radius 2 is 1.86 bits per heavy atom. The minimum absolute atomic E-state index is 0.00871. The maximum Gasteiger partial charge on any atom is 0.127 e. The van der Waals surface area contributed by atoms with Gasteiger partial charge in [-0.2, -0.15) is 0 Å². The van der Waals surface area contributed by atoms with Crippen molar-refractivity contribution >= 4 is 22.5 Å². The Morgan fingerprint density at radius 1 is 1.14 bits per heavy atom. The second kappa shape index (κ2) is 11.8. The fraction of sp³-hybridized carbons (Fsp3) is 0.464. The summed E-state index contributed by atoms with van der Waals surface area (Å²) in [6, 6.07) is 8.96. The number of piperidine rings is 1. The molecule has 1 atom stereocenters. The number of alkyl halides is 1. The first-order valence-corrected chi connectivity index (χ1v) is 12.7. The van der Waals surface area contributed by atoms with E-state index in [0.29, 0.717) is 40.6 Å². The number of rotatable bonds is 10. The summed E-state index contributed by atoms with van der Waals surface area (Å²) in [4.78, 5) is 6.60. The van der Waals surface area contributed by atoms with Crippen molar-refractivity contribution in [3.63, 3.8) is 0 Å². The molecule has 0 saturated carbocycles. The average molecular weight is 521 g/mol. The summed E-state index contributed by atoms with van der Waals surface area (Å²) < 4.78 is 47.7. The van der Waals surface area contributed by atoms with E-state index in [1.54, 1.807) is 25.3 Å². The number of halogens is 4. The highest BCUT2D eigenvalue weighted by Crippen LogP contribution is 2.41. The summed E-state index contributed by atoms with van der Waals surface area (Å²) in [5, 5.41) is 11.1. The minimum atomic E-state index is -1.29. The molecule has 2 aromatic carbocycles. The van der Waals surface area contributed by atoms with E-state index in [1.807, 2.05) is 0 Å². The van der Waals surface area contributed by atoms with E-state index in [1.165, 1.54) is 18.3 Å². The molecule has 2 heterocycles. The highest BCUT2D eigenvalue weighted by atomic mass is 35.5. The first-order chi connectivity index (χ1) is 17.3. The van der Waals surface area contributed by atoms with Gasteiger partial charge in [-0.3, -0.25) is 4.98 Å². The number of hydrogen-bond acceptors (Lipinski definition) is 4. The van der Waals surface area contributed by atoms with E-state index in [-0.39, 0.29) is 23.5 Å². The van der Waals surface area contributed by atoms with Gasteiger partial charge in [0.05, 0.1) is 17.6 Å². The molecule has 0 aliphatic carbocycles. The Balaban J connectivity index is 1.33. The third-order valence-electron chi connectivity index (χ3n) is 7.42. The van der Waals surface area contributed by atoms with Gasteiger partial charge in [0, 0.05) is 29.8 Å². The molecule has 1 aromatic heterocycles. The van der Waals surface area contributed by atoms with Crippen molar-refractivity contribution < 1.29 is 23.0 Å². The lowest BCUT2D eigenvalue weighted by Crippen LogP contribution is -2.42. The Labute approximate surface area is 215 Å². The zero-order valence-corrected chi connectivity index (χ0v) is 21.2. The Bertz CT molecular complexity index is 1160. The molecule has 0 radical (unpaired) electrons. The number of hydrogen-bond donors (Lipinski definition) is 1. The van der Waals surface area contributed by atoms with Crippen molar-refractivity contribution in [2.45, 2.75) is 44.7 Å². The van der Waals surface area contributed by atoms with Gasteiger partial charge < -0.3 is 14.7 Å². The number of likely N-dealkylation sites (tertiary alicyclic amines) is 1. The number of pyridine rings is 1. The van der Waals surface area contributed by atoms with E-state index >= 15 is 4.39 Å². The molecule has 8 heteroatoms. The minimum Gasteiger partial charge on any atom is -0.497 e. The van der Waals surface area contributed by atoms with Gasteiger partial charge in [0.25, 0.3) is 0 Å². The van der Waals surface area contributed by atoms with Gasteiger partial charge in [-0.05, 0) is 99.5 Å². The molecule has 0 spiro atoms. The Hall–Kier alpha value is -2.35. The number of aliphatic hydroxyl groups is 1. The lowest BCUT2D eigenvalue weighted by atomic mass is 9.74. The van der Waals surface area contributed by atoms with Gasteiger partial charge in [-0.25, -0.2) is 13.2 Å². The molecule has 1 aliphatic heterocycles. The van der Waals surface area contributed by atoms with Crippen LogP contribution in [0.15, 0.2) is 42.6 Å². The number of aliphatic hydroxyl groups excluding tert-OH is 1. The molecule has 0 amide bonds. The largest absolute Gasteiger partial charge is 0.497 e. The van der Waals surface area contributed by atoms with E-state index in [0.717, 1.165) is 45.0 Å². The number of fused-ring (bicyclic) bond motifs is 1. The lowest BCUT2D eigenvalue weighted by Gasteiger charge is -2.41. The molecular weight excluding hydrogens is 489 g/mol. The van der Waals surface area contributed by atoms with E-state index in [9.17, 15) is 13.9 Å². The molecule has 1 saturated heterocycles. The zero-order chi connectivity index (χ0) is 25.7. The summed E-state index contributed by atoms with van der Waals surface area (Å²) in [5.74, 6) is -0.495. The van der Waals surface area contributed by atoms with Crippen LogP contribution in [0.25, 0.3) is 10.9 Å². The fourth-order valence-corrected chi connectivity index (χ4v) is 5.46. The van der Waals surface area contributed by atoms with Gasteiger partial charge in [0.15, 0.2) is 0 Å². The number of aryl methyl sites for hydroxylation is 1. The number of nitrogens with zero attached hydrogens (tertiary/aromatic N) is 2. The van der Waals surface area contributed by atoms with Crippen LogP contribution in [0.3, 0.4) is 0 Å². The first kappa shape index (κ1) is 26.7. The molecule has 36 heavy (non-hydrogen) atoms. The quantitative estimate of drug-likeness (QED) is 0.324. The highest BCUT2D eigenvalue weighted by molar-refractivity contribution is 6.32. The van der Waals surface area contributed by atoms with Gasteiger partial charge in [-0.15, -0.1) is 0 Å². The van der Waals surface area contributed by atoms with E-state index in [2.05, 4.69) is 9.88 Å². The number of ether oxygens (including phenoxy) is 1. The van der Waals surface area contributed by atoms with Gasteiger partial charge in [0.2, 0.25) is 0 Å². The van der Waals surface area contributed by atoms with Crippen LogP contribution in [0.1, 0.15) is 49.4 Å². The molecule has 0 bridgehead atoms. The van der Waals surface area contributed by atoms with E-state index < -0.39 is 17.8 Å². The second-order valence-electron chi connectivity index (χ2n) is 9.79. The van der Waals surface area contributed by atoms with Crippen molar-refractivity contribution in [3.8, 4) is 5.75 Å². The summed E-state index contributed by atoms with van der Waals surface area (Å²) in [6.07, 6.45) is 3.92. The van der Waals surface area contributed by atoms with Crippen LogP contribution in [0.2, 0.25) is 5.02 Å². The standard InChI is InChI=1S/C28H32ClF3N2O2/c1-36-22-4-5-26-23(16-22)27(24(29)17-33-26)25(32)6-7-28(18-35)8-11-34(12-9-28)10-2-3-19-13-20(30)15-21(31)14-19/h4-5,13-17,25,35H,2-3,6-12,18H2,1H3.